The molecule has 0 saturated heterocycles. The molecule has 0 unspecified atom stereocenters. The molecule has 2 aromatic carbocycles. The predicted molar refractivity (Wildman–Crippen MR) is 82.3 cm³/mol. The molecule has 0 heterocycles. The Bertz CT molecular complexity index is 697. The van der Waals surface area contributed by atoms with Gasteiger partial charge in [0.05, 0.1) is 0 Å². The van der Waals surface area contributed by atoms with Gasteiger partial charge in [0, 0.05) is 0 Å². The van der Waals surface area contributed by atoms with Gasteiger partial charge in [-0.2, -0.15) is 5.26 Å². The van der Waals surface area contributed by atoms with Gasteiger partial charge in [-0.05, 0) is 30.5 Å². The molecule has 2 rings (SSSR count). The number of hydrogen-bond donors (Lipinski definition) is 1. The lowest BCUT2D eigenvalue weighted by atomic mass is 10.3. The Hall–Kier alpha value is -2.52. The molecule has 0 amide bonds. The third-order valence-electron chi connectivity index (χ3n) is 2.50. The van der Waals surface area contributed by atoms with Crippen molar-refractivity contribution in [3.8, 4) is 17.7 Å². The maximum Gasteiger partial charge on any atom is 0.183 e. The van der Waals surface area contributed by atoms with E-state index in [1.807, 2.05) is 6.19 Å². The van der Waals surface area contributed by atoms with Gasteiger partial charge >= 0.3 is 0 Å². The van der Waals surface area contributed by atoms with E-state index in [4.69, 9.17) is 10.00 Å². The van der Waals surface area contributed by atoms with Crippen LogP contribution in [-0.4, -0.2) is 11.4 Å². The molecular formula is C15H12FN3OS. The van der Waals surface area contributed by atoms with Crippen LogP contribution in [0.1, 0.15) is 0 Å². The fourth-order valence-corrected chi connectivity index (χ4v) is 1.90. The van der Waals surface area contributed by atoms with E-state index in [1.165, 1.54) is 17.8 Å². The number of nitriles is 1. The average molecular weight is 301 g/mol. The summed E-state index contributed by atoms with van der Waals surface area (Å²) in [4.78, 5) is 4.29. The minimum Gasteiger partial charge on any atom is -0.452 e. The molecule has 0 atom stereocenters. The number of nitrogens with zero attached hydrogens (tertiary/aromatic N) is 2. The van der Waals surface area contributed by atoms with Crippen LogP contribution in [0.3, 0.4) is 0 Å². The molecule has 0 fully saturated rings. The molecular weight excluding hydrogens is 289 g/mol. The van der Waals surface area contributed by atoms with Crippen LogP contribution in [0.5, 0.6) is 11.5 Å². The average Bonchev–Trinajstić information content (AvgIpc) is 2.51. The van der Waals surface area contributed by atoms with E-state index in [0.717, 1.165) is 0 Å². The Labute approximate surface area is 126 Å². The SMILES string of the molecule is CSC(=Nc1ccccc1Oc1ccccc1F)NC#N. The van der Waals surface area contributed by atoms with Gasteiger partial charge in [0.1, 0.15) is 5.69 Å². The fourth-order valence-electron chi connectivity index (χ4n) is 1.56. The van der Waals surface area contributed by atoms with Crippen LogP contribution in [0.15, 0.2) is 53.5 Å². The second-order valence-corrected chi connectivity index (χ2v) is 4.65. The topological polar surface area (TPSA) is 57.4 Å². The Morgan fingerprint density at radius 2 is 1.86 bits per heavy atom. The van der Waals surface area contributed by atoms with Gasteiger partial charge in [-0.1, -0.05) is 36.0 Å². The Balaban J connectivity index is 2.34. The summed E-state index contributed by atoms with van der Waals surface area (Å²) < 4.78 is 19.2. The highest BCUT2D eigenvalue weighted by molar-refractivity contribution is 8.13. The maximum absolute atomic E-state index is 13.6. The van der Waals surface area contributed by atoms with Gasteiger partial charge in [-0.15, -0.1) is 0 Å². The van der Waals surface area contributed by atoms with E-state index in [1.54, 1.807) is 48.7 Å². The highest BCUT2D eigenvalue weighted by atomic mass is 32.2. The van der Waals surface area contributed by atoms with Crippen molar-refractivity contribution in [1.82, 2.24) is 5.32 Å². The molecule has 0 radical (unpaired) electrons. The van der Waals surface area contributed by atoms with Crippen molar-refractivity contribution in [2.75, 3.05) is 6.26 Å². The van der Waals surface area contributed by atoms with E-state index < -0.39 is 5.82 Å². The number of hydrogen-bond acceptors (Lipinski definition) is 4. The minimum absolute atomic E-state index is 0.124. The number of amidine groups is 1. The molecule has 0 aliphatic carbocycles. The molecule has 0 aliphatic rings. The summed E-state index contributed by atoms with van der Waals surface area (Å²) >= 11 is 1.29. The molecule has 1 N–H and O–H groups in total. The van der Waals surface area contributed by atoms with Gasteiger partial charge in [0.15, 0.2) is 28.7 Å². The van der Waals surface area contributed by atoms with Crippen molar-refractivity contribution in [3.05, 3.63) is 54.3 Å². The molecule has 2 aromatic rings. The van der Waals surface area contributed by atoms with Crippen molar-refractivity contribution in [2.45, 2.75) is 0 Å². The number of nitrogens with one attached hydrogen (secondary N) is 1. The number of halogens is 1. The van der Waals surface area contributed by atoms with Crippen molar-refractivity contribution >= 4 is 22.6 Å². The molecule has 0 aliphatic heterocycles. The van der Waals surface area contributed by atoms with Gasteiger partial charge in [-0.3, -0.25) is 5.32 Å². The van der Waals surface area contributed by atoms with Gasteiger partial charge in [0.25, 0.3) is 0 Å². The lowest BCUT2D eigenvalue weighted by Crippen LogP contribution is -2.12. The third-order valence-corrected chi connectivity index (χ3v) is 3.08. The van der Waals surface area contributed by atoms with Gasteiger partial charge < -0.3 is 4.74 Å². The standard InChI is InChI=1S/C15H12FN3OS/c1-21-15(18-10-17)19-12-7-3-5-9-14(12)20-13-8-4-2-6-11(13)16/h2-9H,1H3,(H,18,19). The van der Waals surface area contributed by atoms with E-state index in [9.17, 15) is 4.39 Å². The summed E-state index contributed by atoms with van der Waals surface area (Å²) in [6.07, 6.45) is 3.61. The zero-order valence-electron chi connectivity index (χ0n) is 11.2. The Morgan fingerprint density at radius 1 is 1.19 bits per heavy atom. The number of thioether (sulfide) groups is 1. The second kappa shape index (κ2) is 7.31. The first-order valence-corrected chi connectivity index (χ1v) is 7.26. The Morgan fingerprint density at radius 3 is 2.52 bits per heavy atom. The van der Waals surface area contributed by atoms with Crippen LogP contribution < -0.4 is 10.1 Å². The van der Waals surface area contributed by atoms with Gasteiger partial charge in [-0.25, -0.2) is 9.38 Å². The van der Waals surface area contributed by atoms with E-state index >= 15 is 0 Å². The molecule has 0 bridgehead atoms. The monoisotopic (exact) mass is 301 g/mol. The fraction of sp³-hybridized carbons (Fsp3) is 0.0667. The first-order chi connectivity index (χ1) is 10.2. The summed E-state index contributed by atoms with van der Waals surface area (Å²) in [5.41, 5.74) is 0.507. The molecule has 0 saturated carbocycles. The summed E-state index contributed by atoms with van der Waals surface area (Å²) in [6.45, 7) is 0. The lowest BCUT2D eigenvalue weighted by molar-refractivity contribution is 0.443. The van der Waals surface area contributed by atoms with Crippen molar-refractivity contribution in [3.63, 3.8) is 0 Å². The quantitative estimate of drug-likeness (QED) is 0.402. The smallest absolute Gasteiger partial charge is 0.183 e. The van der Waals surface area contributed by atoms with Crippen LogP contribution in [-0.2, 0) is 0 Å². The van der Waals surface area contributed by atoms with Gasteiger partial charge in [0.2, 0.25) is 0 Å². The molecule has 4 nitrogen and oxygen atoms in total. The van der Waals surface area contributed by atoms with Crippen LogP contribution in [0.2, 0.25) is 0 Å². The molecule has 106 valence electrons. The molecule has 0 spiro atoms. The van der Waals surface area contributed by atoms with E-state index in [0.29, 0.717) is 16.6 Å². The Kier molecular flexibility index (Phi) is 5.18. The number of para-hydroxylation sites is 3. The van der Waals surface area contributed by atoms with Crippen LogP contribution in [0.25, 0.3) is 0 Å². The molecule has 21 heavy (non-hydrogen) atoms. The third kappa shape index (κ3) is 3.97. The van der Waals surface area contributed by atoms with Crippen LogP contribution in [0, 0.1) is 17.3 Å². The van der Waals surface area contributed by atoms with Crippen molar-refractivity contribution in [1.29, 1.82) is 5.26 Å². The zero-order chi connectivity index (χ0) is 15.1. The summed E-state index contributed by atoms with van der Waals surface area (Å²) in [5, 5.41) is 11.6. The largest absolute Gasteiger partial charge is 0.452 e. The van der Waals surface area contributed by atoms with Crippen molar-refractivity contribution < 1.29 is 9.13 Å². The van der Waals surface area contributed by atoms with Crippen LogP contribution >= 0.6 is 11.8 Å². The normalized spacial score (nSPS) is 10.8. The van der Waals surface area contributed by atoms with E-state index in [-0.39, 0.29) is 5.75 Å². The zero-order valence-corrected chi connectivity index (χ0v) is 12.0. The van der Waals surface area contributed by atoms with Crippen LogP contribution in [0.4, 0.5) is 10.1 Å². The molecule has 6 heteroatoms. The molecule has 0 aromatic heterocycles. The first kappa shape index (κ1) is 14.9. The summed E-state index contributed by atoms with van der Waals surface area (Å²) in [5.74, 6) is 0.0875. The lowest BCUT2D eigenvalue weighted by Gasteiger charge is -2.09. The summed E-state index contributed by atoms with van der Waals surface area (Å²) in [7, 11) is 0. The minimum atomic E-state index is -0.448. The number of benzene rings is 2. The highest BCUT2D eigenvalue weighted by Crippen LogP contribution is 2.33. The number of aliphatic imine (C=N–C) groups is 1. The number of rotatable bonds is 3. The second-order valence-electron chi connectivity index (χ2n) is 3.86. The maximum atomic E-state index is 13.6. The first-order valence-electron chi connectivity index (χ1n) is 6.04. The highest BCUT2D eigenvalue weighted by Gasteiger charge is 2.08. The van der Waals surface area contributed by atoms with Crippen molar-refractivity contribution in [2.24, 2.45) is 4.99 Å². The predicted octanol–water partition coefficient (Wildman–Crippen LogP) is 4.04. The summed E-state index contributed by atoms with van der Waals surface area (Å²) in [6, 6.07) is 13.1. The van der Waals surface area contributed by atoms with E-state index in [2.05, 4.69) is 10.3 Å². The number of ether oxygens (including phenoxy) is 1.